The van der Waals surface area contributed by atoms with Crippen molar-refractivity contribution in [3.05, 3.63) is 54.6 Å². The molecule has 1 aromatic heterocycles. The highest BCUT2D eigenvalue weighted by Crippen LogP contribution is 2.61. The molecule has 0 N–H and O–H groups in total. The van der Waals surface area contributed by atoms with Gasteiger partial charge in [0.05, 0.1) is 21.9 Å². The van der Waals surface area contributed by atoms with Crippen molar-refractivity contribution < 1.29 is 9.59 Å². The van der Waals surface area contributed by atoms with Crippen LogP contribution in [0.1, 0.15) is 33.6 Å². The molecule has 2 unspecified atom stereocenters. The zero-order valence-electron chi connectivity index (χ0n) is 16.8. The Balaban J connectivity index is 1.75. The molecule has 146 valence electrons. The monoisotopic (exact) mass is 385 g/mol. The molecule has 5 nitrogen and oxygen atoms in total. The van der Waals surface area contributed by atoms with E-state index in [-0.39, 0.29) is 11.8 Å². The number of fused-ring (bicyclic) bond motifs is 2. The van der Waals surface area contributed by atoms with Crippen LogP contribution in [-0.2, 0) is 9.59 Å². The van der Waals surface area contributed by atoms with Crippen molar-refractivity contribution in [2.45, 2.75) is 33.6 Å². The predicted molar refractivity (Wildman–Crippen MR) is 112 cm³/mol. The van der Waals surface area contributed by atoms with E-state index in [1.165, 1.54) is 4.90 Å². The summed E-state index contributed by atoms with van der Waals surface area (Å²) in [6.45, 7) is 5.99. The van der Waals surface area contributed by atoms with Crippen LogP contribution in [-0.4, -0.2) is 21.8 Å². The molecule has 29 heavy (non-hydrogen) atoms. The minimum atomic E-state index is -0.704. The third-order valence-electron chi connectivity index (χ3n) is 6.89. The van der Waals surface area contributed by atoms with Crippen LogP contribution >= 0.6 is 0 Å². The minimum absolute atomic E-state index is 0.156. The number of imide groups is 1. The molecule has 2 amide bonds. The number of aromatic nitrogens is 2. The molecule has 2 fully saturated rings. The molecule has 2 atom stereocenters. The fraction of sp³-hybridized carbons (Fsp3) is 0.333. The third-order valence-corrected chi connectivity index (χ3v) is 6.89. The van der Waals surface area contributed by atoms with E-state index < -0.39 is 10.8 Å². The van der Waals surface area contributed by atoms with Gasteiger partial charge in [-0.05, 0) is 44.7 Å². The van der Waals surface area contributed by atoms with Crippen molar-refractivity contribution in [3.63, 3.8) is 0 Å². The second-order valence-electron chi connectivity index (χ2n) is 8.87. The number of para-hydroxylation sites is 2. The van der Waals surface area contributed by atoms with Crippen LogP contribution in [0.3, 0.4) is 0 Å². The van der Waals surface area contributed by atoms with Gasteiger partial charge >= 0.3 is 0 Å². The second kappa shape index (κ2) is 5.96. The molecule has 1 saturated heterocycles. The van der Waals surface area contributed by atoms with Gasteiger partial charge in [-0.15, -0.1) is 0 Å². The van der Waals surface area contributed by atoms with Gasteiger partial charge in [0.15, 0.2) is 5.82 Å². The molecule has 2 aromatic carbocycles. The lowest BCUT2D eigenvalue weighted by atomic mass is 9.70. The maximum atomic E-state index is 13.6. The Morgan fingerprint density at radius 2 is 1.34 bits per heavy atom. The lowest BCUT2D eigenvalue weighted by molar-refractivity contribution is -0.129. The summed E-state index contributed by atoms with van der Waals surface area (Å²) in [6, 6.07) is 17.2. The first-order valence-corrected chi connectivity index (χ1v) is 10.1. The van der Waals surface area contributed by atoms with Crippen molar-refractivity contribution in [1.29, 1.82) is 0 Å². The number of amides is 2. The number of hydrogen-bond donors (Lipinski definition) is 0. The van der Waals surface area contributed by atoms with Crippen LogP contribution in [0, 0.1) is 16.7 Å². The Bertz CT molecular complexity index is 1130. The van der Waals surface area contributed by atoms with Crippen molar-refractivity contribution in [2.24, 2.45) is 16.7 Å². The van der Waals surface area contributed by atoms with Crippen LogP contribution in [0.4, 0.5) is 5.82 Å². The Labute approximate surface area is 169 Å². The van der Waals surface area contributed by atoms with Crippen molar-refractivity contribution >= 4 is 28.7 Å². The number of carbonyl (C=O) groups is 2. The molecule has 5 rings (SSSR count). The van der Waals surface area contributed by atoms with E-state index in [0.717, 1.165) is 11.1 Å². The second-order valence-corrected chi connectivity index (χ2v) is 8.87. The minimum Gasteiger partial charge on any atom is -0.273 e. The van der Waals surface area contributed by atoms with Crippen LogP contribution in [0.25, 0.3) is 22.3 Å². The molecular weight excluding hydrogens is 362 g/mol. The van der Waals surface area contributed by atoms with Crippen molar-refractivity contribution in [1.82, 2.24) is 9.97 Å². The van der Waals surface area contributed by atoms with Gasteiger partial charge in [0.2, 0.25) is 11.8 Å². The summed E-state index contributed by atoms with van der Waals surface area (Å²) in [6.07, 6.45) is 1.43. The third kappa shape index (κ3) is 2.33. The Morgan fingerprint density at radius 3 is 1.93 bits per heavy atom. The molecule has 5 heteroatoms. The largest absolute Gasteiger partial charge is 0.273 e. The van der Waals surface area contributed by atoms with Gasteiger partial charge in [-0.25, -0.2) is 14.9 Å². The average molecular weight is 385 g/mol. The van der Waals surface area contributed by atoms with E-state index in [1.807, 2.05) is 68.4 Å². The lowest BCUT2D eigenvalue weighted by Gasteiger charge is -2.27. The maximum Gasteiger partial charge on any atom is 0.242 e. The van der Waals surface area contributed by atoms with Crippen molar-refractivity contribution in [2.75, 3.05) is 4.90 Å². The zero-order chi connectivity index (χ0) is 20.4. The number of nitrogens with zero attached hydrogens (tertiary/aromatic N) is 3. The number of benzene rings is 2. The van der Waals surface area contributed by atoms with Gasteiger partial charge in [-0.2, -0.15) is 0 Å². The standard InChI is InChI=1S/C24H23N3O2/c1-15-13-23(2)21(28)27(22(29)24(23,3)14-15)20-19(16-9-5-4-6-10-16)25-17-11-7-8-12-18(17)26-20/h4-12,15H,13-14H2,1-3H3. The van der Waals surface area contributed by atoms with E-state index in [9.17, 15) is 9.59 Å². The Morgan fingerprint density at radius 1 is 0.828 bits per heavy atom. The zero-order valence-corrected chi connectivity index (χ0v) is 16.8. The molecule has 1 aliphatic carbocycles. The molecule has 1 aliphatic heterocycles. The smallest absolute Gasteiger partial charge is 0.242 e. The number of anilines is 1. The van der Waals surface area contributed by atoms with E-state index in [0.29, 0.717) is 35.8 Å². The fourth-order valence-corrected chi connectivity index (χ4v) is 5.28. The maximum absolute atomic E-state index is 13.6. The highest BCUT2D eigenvalue weighted by Gasteiger charge is 2.68. The van der Waals surface area contributed by atoms with Crippen LogP contribution in [0.5, 0.6) is 0 Å². The van der Waals surface area contributed by atoms with Gasteiger partial charge < -0.3 is 0 Å². The average Bonchev–Trinajstić information content (AvgIpc) is 3.04. The first-order chi connectivity index (χ1) is 13.8. The Kier molecular flexibility index (Phi) is 3.69. The van der Waals surface area contributed by atoms with Crippen LogP contribution < -0.4 is 4.90 Å². The SMILES string of the molecule is CC1CC2(C)C(=O)N(c3nc4ccccc4nc3-c3ccccc3)C(=O)C2(C)C1. The first-order valence-electron chi connectivity index (χ1n) is 10.1. The molecule has 0 bridgehead atoms. The van der Waals surface area contributed by atoms with Gasteiger partial charge in [0.25, 0.3) is 0 Å². The first kappa shape index (κ1) is 18.0. The molecule has 2 aliphatic rings. The van der Waals surface area contributed by atoms with Gasteiger partial charge in [0.1, 0.15) is 5.69 Å². The highest BCUT2D eigenvalue weighted by molar-refractivity contribution is 6.26. The van der Waals surface area contributed by atoms with Gasteiger partial charge in [0, 0.05) is 5.56 Å². The van der Waals surface area contributed by atoms with E-state index in [2.05, 4.69) is 6.92 Å². The summed E-state index contributed by atoms with van der Waals surface area (Å²) in [5.74, 6) is 0.373. The molecule has 2 heterocycles. The summed E-state index contributed by atoms with van der Waals surface area (Å²) in [7, 11) is 0. The van der Waals surface area contributed by atoms with Crippen LogP contribution in [0.15, 0.2) is 54.6 Å². The number of carbonyl (C=O) groups excluding carboxylic acids is 2. The highest BCUT2D eigenvalue weighted by atomic mass is 16.2. The van der Waals surface area contributed by atoms with E-state index in [1.54, 1.807) is 0 Å². The number of rotatable bonds is 2. The fourth-order valence-electron chi connectivity index (χ4n) is 5.28. The lowest BCUT2D eigenvalue weighted by Crippen LogP contribution is -2.36. The molecular formula is C24H23N3O2. The topological polar surface area (TPSA) is 63.2 Å². The van der Waals surface area contributed by atoms with Gasteiger partial charge in [-0.3, -0.25) is 9.59 Å². The summed E-state index contributed by atoms with van der Waals surface area (Å²) in [4.78, 5) is 38.1. The summed E-state index contributed by atoms with van der Waals surface area (Å²) in [5.41, 5.74) is 1.40. The summed E-state index contributed by atoms with van der Waals surface area (Å²) >= 11 is 0. The molecule has 3 aromatic rings. The van der Waals surface area contributed by atoms with E-state index in [4.69, 9.17) is 9.97 Å². The number of hydrogen-bond acceptors (Lipinski definition) is 4. The normalized spacial score (nSPS) is 28.9. The predicted octanol–water partition coefficient (Wildman–Crippen LogP) is 4.61. The molecule has 0 spiro atoms. The Hall–Kier alpha value is -3.08. The molecule has 1 saturated carbocycles. The van der Waals surface area contributed by atoms with E-state index >= 15 is 0 Å². The quantitative estimate of drug-likeness (QED) is 0.604. The summed E-state index contributed by atoms with van der Waals surface area (Å²) in [5, 5.41) is 0. The summed E-state index contributed by atoms with van der Waals surface area (Å²) < 4.78 is 0. The van der Waals surface area contributed by atoms with Crippen LogP contribution in [0.2, 0.25) is 0 Å². The van der Waals surface area contributed by atoms with Crippen molar-refractivity contribution in [3.8, 4) is 11.3 Å². The molecule has 0 radical (unpaired) electrons. The van der Waals surface area contributed by atoms with Gasteiger partial charge in [-0.1, -0.05) is 49.4 Å².